The quantitative estimate of drug-likeness (QED) is 0.278. The number of guanidine groups is 1. The monoisotopic (exact) mass is 506 g/mol. The van der Waals surface area contributed by atoms with Crippen LogP contribution in [0, 0.1) is 0 Å². The van der Waals surface area contributed by atoms with Gasteiger partial charge in [0.2, 0.25) is 0 Å². The lowest BCUT2D eigenvalue weighted by Crippen LogP contribution is -2.43. The number of halogens is 1. The molecule has 1 aromatic carbocycles. The van der Waals surface area contributed by atoms with Crippen LogP contribution in [-0.4, -0.2) is 54.5 Å². The molecule has 4 rings (SSSR count). The molecule has 2 aliphatic heterocycles. The summed E-state index contributed by atoms with van der Waals surface area (Å²) in [6.45, 7) is 7.18. The van der Waals surface area contributed by atoms with Crippen LogP contribution in [0.4, 0.5) is 0 Å². The summed E-state index contributed by atoms with van der Waals surface area (Å²) in [7, 11) is 0. The van der Waals surface area contributed by atoms with Crippen LogP contribution in [0.3, 0.4) is 0 Å². The number of furan rings is 1. The Hall–Kier alpha value is -1.80. The predicted molar refractivity (Wildman–Crippen MR) is 129 cm³/mol. The van der Waals surface area contributed by atoms with Gasteiger partial charge in [-0.25, -0.2) is 0 Å². The lowest BCUT2D eigenvalue weighted by molar-refractivity contribution is 0.259. The summed E-state index contributed by atoms with van der Waals surface area (Å²) in [6, 6.07) is 15.4. The third-order valence-corrected chi connectivity index (χ3v) is 5.67. The average Bonchev–Trinajstić information content (AvgIpc) is 3.49. The summed E-state index contributed by atoms with van der Waals surface area (Å²) in [5.41, 5.74) is 1.28. The first-order valence-electron chi connectivity index (χ1n) is 10.3. The van der Waals surface area contributed by atoms with E-state index in [2.05, 4.69) is 64.5 Å². The van der Waals surface area contributed by atoms with Crippen LogP contribution in [-0.2, 0) is 6.42 Å². The Kier molecular flexibility index (Phi) is 8.18. The van der Waals surface area contributed by atoms with Crippen molar-refractivity contribution in [3.63, 3.8) is 0 Å². The van der Waals surface area contributed by atoms with Crippen molar-refractivity contribution in [1.29, 1.82) is 0 Å². The predicted octanol–water partition coefficient (Wildman–Crippen LogP) is 4.09. The van der Waals surface area contributed by atoms with E-state index in [1.54, 1.807) is 6.26 Å². The fourth-order valence-electron chi connectivity index (χ4n) is 4.01. The molecule has 3 heterocycles. The second-order valence-electron chi connectivity index (χ2n) is 7.63. The van der Waals surface area contributed by atoms with Gasteiger partial charge in [0, 0.05) is 45.2 Å². The van der Waals surface area contributed by atoms with Gasteiger partial charge in [0.15, 0.2) is 5.96 Å². The lowest BCUT2D eigenvalue weighted by Gasteiger charge is -2.27. The topological polar surface area (TPSA) is 44.0 Å². The second kappa shape index (κ2) is 10.8. The van der Waals surface area contributed by atoms with Gasteiger partial charge in [-0.1, -0.05) is 42.5 Å². The third-order valence-electron chi connectivity index (χ3n) is 5.67. The molecule has 0 radical (unpaired) electrons. The maximum atomic E-state index is 5.46. The molecule has 0 spiro atoms. The van der Waals surface area contributed by atoms with Crippen molar-refractivity contribution in [3.8, 4) is 0 Å². The molecule has 1 aromatic heterocycles. The van der Waals surface area contributed by atoms with Crippen molar-refractivity contribution in [1.82, 2.24) is 15.1 Å². The zero-order valence-electron chi connectivity index (χ0n) is 17.0. The number of likely N-dealkylation sites (tertiary alicyclic amines) is 1. The number of nitrogens with one attached hydrogen (secondary N) is 1. The molecule has 29 heavy (non-hydrogen) atoms. The molecule has 156 valence electrons. The van der Waals surface area contributed by atoms with E-state index in [4.69, 9.17) is 9.41 Å². The van der Waals surface area contributed by atoms with E-state index < -0.39 is 0 Å². The van der Waals surface area contributed by atoms with Gasteiger partial charge in [0.1, 0.15) is 5.76 Å². The molecule has 2 aromatic rings. The lowest BCUT2D eigenvalue weighted by atomic mass is 10.1. The van der Waals surface area contributed by atoms with E-state index in [9.17, 15) is 0 Å². The summed E-state index contributed by atoms with van der Waals surface area (Å²) in [6.07, 6.45) is 8.30. The summed E-state index contributed by atoms with van der Waals surface area (Å²) in [5, 5.41) is 3.68. The summed E-state index contributed by atoms with van der Waals surface area (Å²) < 4.78 is 5.46. The zero-order valence-corrected chi connectivity index (χ0v) is 19.4. The Balaban J connectivity index is 0.00000240. The molecular weight excluding hydrogens is 475 g/mol. The normalized spacial score (nSPS) is 20.7. The Morgan fingerprint density at radius 2 is 1.97 bits per heavy atom. The van der Waals surface area contributed by atoms with Crippen molar-refractivity contribution in [2.75, 3.05) is 32.7 Å². The van der Waals surface area contributed by atoms with Gasteiger partial charge in [-0.15, -0.1) is 24.0 Å². The van der Waals surface area contributed by atoms with E-state index in [-0.39, 0.29) is 30.0 Å². The molecule has 1 fully saturated rings. The van der Waals surface area contributed by atoms with Gasteiger partial charge in [-0.3, -0.25) is 9.89 Å². The minimum Gasteiger partial charge on any atom is -0.469 e. The van der Waals surface area contributed by atoms with Gasteiger partial charge in [-0.2, -0.15) is 0 Å². The fourth-order valence-corrected chi connectivity index (χ4v) is 4.01. The van der Waals surface area contributed by atoms with E-state index in [0.717, 1.165) is 50.9 Å². The van der Waals surface area contributed by atoms with Gasteiger partial charge >= 0.3 is 0 Å². The Morgan fingerprint density at radius 3 is 2.69 bits per heavy atom. The van der Waals surface area contributed by atoms with Gasteiger partial charge in [-0.05, 0) is 31.0 Å². The molecule has 6 heteroatoms. The van der Waals surface area contributed by atoms with Gasteiger partial charge in [0.25, 0.3) is 0 Å². The molecule has 1 saturated heterocycles. The summed E-state index contributed by atoms with van der Waals surface area (Å²) in [4.78, 5) is 9.92. The van der Waals surface area contributed by atoms with E-state index in [1.165, 1.54) is 12.0 Å². The van der Waals surface area contributed by atoms with Crippen molar-refractivity contribution < 1.29 is 4.42 Å². The van der Waals surface area contributed by atoms with Crippen LogP contribution in [0.1, 0.15) is 30.7 Å². The number of aliphatic imine (C=N–C) groups is 1. The first-order valence-corrected chi connectivity index (χ1v) is 10.3. The molecule has 5 nitrogen and oxygen atoms in total. The zero-order chi connectivity index (χ0) is 19.2. The van der Waals surface area contributed by atoms with Crippen LogP contribution >= 0.6 is 24.0 Å². The molecule has 2 unspecified atom stereocenters. The first-order chi connectivity index (χ1) is 13.8. The minimum atomic E-state index is 0. The fraction of sp³-hybridized carbons (Fsp3) is 0.435. The summed E-state index contributed by atoms with van der Waals surface area (Å²) >= 11 is 0. The van der Waals surface area contributed by atoms with E-state index in [0.29, 0.717) is 6.04 Å². The first kappa shape index (κ1) is 21.9. The molecule has 2 atom stereocenters. The largest absolute Gasteiger partial charge is 0.469 e. The maximum Gasteiger partial charge on any atom is 0.194 e. The molecule has 0 amide bonds. The third kappa shape index (κ3) is 5.85. The number of hydrogen-bond acceptors (Lipinski definition) is 3. The van der Waals surface area contributed by atoms with Crippen molar-refractivity contribution >= 4 is 29.9 Å². The Bertz CT molecular complexity index is 782. The van der Waals surface area contributed by atoms with Crippen molar-refractivity contribution in [3.05, 3.63) is 72.2 Å². The number of benzene rings is 1. The molecule has 0 bridgehead atoms. The van der Waals surface area contributed by atoms with Crippen molar-refractivity contribution in [2.24, 2.45) is 4.99 Å². The number of hydrogen-bond donors (Lipinski definition) is 1. The highest BCUT2D eigenvalue weighted by Gasteiger charge is 2.30. The SMILES string of the molecule is CC(NC(=NCCc1ccco1)N1CCC(N2CC=CC2)C1)c1ccccc1.I. The molecule has 0 aliphatic carbocycles. The molecular formula is C23H31IN4O. The van der Waals surface area contributed by atoms with Crippen molar-refractivity contribution in [2.45, 2.75) is 31.8 Å². The summed E-state index contributed by atoms with van der Waals surface area (Å²) in [5.74, 6) is 2.00. The maximum absolute atomic E-state index is 5.46. The minimum absolute atomic E-state index is 0. The number of nitrogens with zero attached hydrogens (tertiary/aromatic N) is 3. The molecule has 0 saturated carbocycles. The van der Waals surface area contributed by atoms with E-state index >= 15 is 0 Å². The highest BCUT2D eigenvalue weighted by molar-refractivity contribution is 14.0. The van der Waals surface area contributed by atoms with Gasteiger partial charge in [0.05, 0.1) is 12.3 Å². The highest BCUT2D eigenvalue weighted by Crippen LogP contribution is 2.19. The van der Waals surface area contributed by atoms with Crippen LogP contribution in [0.2, 0.25) is 0 Å². The smallest absolute Gasteiger partial charge is 0.194 e. The van der Waals surface area contributed by atoms with Crippen LogP contribution in [0.5, 0.6) is 0 Å². The average molecular weight is 506 g/mol. The van der Waals surface area contributed by atoms with Crippen LogP contribution in [0.15, 0.2) is 70.3 Å². The van der Waals surface area contributed by atoms with E-state index in [1.807, 2.05) is 12.1 Å². The van der Waals surface area contributed by atoms with Crippen LogP contribution in [0.25, 0.3) is 0 Å². The molecule has 1 N–H and O–H groups in total. The molecule has 2 aliphatic rings. The number of rotatable bonds is 6. The Morgan fingerprint density at radius 1 is 1.17 bits per heavy atom. The van der Waals surface area contributed by atoms with Crippen LogP contribution < -0.4 is 5.32 Å². The van der Waals surface area contributed by atoms with Gasteiger partial charge < -0.3 is 14.6 Å². The highest BCUT2D eigenvalue weighted by atomic mass is 127. The Labute approximate surface area is 190 Å². The second-order valence-corrected chi connectivity index (χ2v) is 7.63. The standard InChI is InChI=1S/C23H30N4O.HI/c1-19(20-8-3-2-4-9-20)25-23(24-13-11-22-10-7-17-28-22)27-16-12-21(18-27)26-14-5-6-15-26;/h2-10,17,19,21H,11-16,18H2,1H3,(H,24,25);1H.